The summed E-state index contributed by atoms with van der Waals surface area (Å²) in [6, 6.07) is -0.138. The van der Waals surface area contributed by atoms with Gasteiger partial charge >= 0.3 is 0 Å². The molecule has 108 valence electrons. The number of methoxy groups -OCH3 is 2. The summed E-state index contributed by atoms with van der Waals surface area (Å²) >= 11 is 0. The molecule has 2 aromatic heterocycles. The van der Waals surface area contributed by atoms with E-state index in [-0.39, 0.29) is 6.04 Å². The monoisotopic (exact) mass is 277 g/mol. The minimum absolute atomic E-state index is 0.138. The van der Waals surface area contributed by atoms with E-state index < -0.39 is 0 Å². The quantitative estimate of drug-likeness (QED) is 0.846. The summed E-state index contributed by atoms with van der Waals surface area (Å²) in [5.74, 6) is 0.863. The van der Waals surface area contributed by atoms with Gasteiger partial charge in [-0.25, -0.2) is 9.97 Å². The molecular formula is C13H19N5O2. The molecule has 0 spiro atoms. The van der Waals surface area contributed by atoms with Gasteiger partial charge in [0.2, 0.25) is 11.8 Å². The zero-order valence-electron chi connectivity index (χ0n) is 12.1. The van der Waals surface area contributed by atoms with Gasteiger partial charge in [-0.15, -0.1) is 0 Å². The van der Waals surface area contributed by atoms with Crippen LogP contribution in [0.4, 0.5) is 0 Å². The maximum absolute atomic E-state index is 5.33. The van der Waals surface area contributed by atoms with Crippen LogP contribution in [-0.2, 0) is 7.05 Å². The molecule has 0 bridgehead atoms. The third-order valence-corrected chi connectivity index (χ3v) is 2.98. The van der Waals surface area contributed by atoms with Gasteiger partial charge < -0.3 is 19.4 Å². The lowest BCUT2D eigenvalue weighted by Gasteiger charge is -2.19. The summed E-state index contributed by atoms with van der Waals surface area (Å²) in [5, 5.41) is 3.37. The largest absolute Gasteiger partial charge is 0.480 e. The summed E-state index contributed by atoms with van der Waals surface area (Å²) in [6.07, 6.45) is 5.14. The summed E-state index contributed by atoms with van der Waals surface area (Å²) < 4.78 is 12.3. The highest BCUT2D eigenvalue weighted by Crippen LogP contribution is 2.27. The Morgan fingerprint density at radius 2 is 2.10 bits per heavy atom. The van der Waals surface area contributed by atoms with Gasteiger partial charge in [0.05, 0.1) is 44.7 Å². The number of nitrogens with zero attached hydrogens (tertiary/aromatic N) is 4. The van der Waals surface area contributed by atoms with Gasteiger partial charge in [0.15, 0.2) is 0 Å². The van der Waals surface area contributed by atoms with Crippen molar-refractivity contribution in [1.82, 2.24) is 24.8 Å². The van der Waals surface area contributed by atoms with Gasteiger partial charge in [-0.2, -0.15) is 4.98 Å². The van der Waals surface area contributed by atoms with Crippen LogP contribution in [0.1, 0.15) is 24.4 Å². The summed E-state index contributed by atoms with van der Waals surface area (Å²) in [6.45, 7) is 2.82. The fourth-order valence-corrected chi connectivity index (χ4v) is 2.00. The Bertz CT molecular complexity index is 570. The second kappa shape index (κ2) is 6.33. The van der Waals surface area contributed by atoms with Crippen molar-refractivity contribution in [1.29, 1.82) is 0 Å². The van der Waals surface area contributed by atoms with E-state index in [0.29, 0.717) is 17.5 Å². The third-order valence-electron chi connectivity index (χ3n) is 2.98. The van der Waals surface area contributed by atoms with E-state index in [1.165, 1.54) is 0 Å². The van der Waals surface area contributed by atoms with E-state index in [2.05, 4.69) is 20.3 Å². The van der Waals surface area contributed by atoms with Crippen LogP contribution in [0.5, 0.6) is 11.8 Å². The molecule has 0 radical (unpaired) electrons. The number of ether oxygens (including phenoxy) is 2. The smallest absolute Gasteiger partial charge is 0.240 e. The van der Waals surface area contributed by atoms with Crippen LogP contribution in [0.15, 0.2) is 18.7 Å². The predicted molar refractivity (Wildman–Crippen MR) is 73.9 cm³/mol. The second-order valence-electron chi connectivity index (χ2n) is 4.23. The molecule has 0 fully saturated rings. The average Bonchev–Trinajstić information content (AvgIpc) is 2.90. The minimum Gasteiger partial charge on any atom is -0.480 e. The Morgan fingerprint density at radius 3 is 2.65 bits per heavy atom. The zero-order valence-corrected chi connectivity index (χ0v) is 12.1. The number of rotatable bonds is 6. The maximum atomic E-state index is 5.33. The highest BCUT2D eigenvalue weighted by Gasteiger charge is 2.23. The van der Waals surface area contributed by atoms with Crippen LogP contribution >= 0.6 is 0 Å². The topological polar surface area (TPSA) is 74.1 Å². The van der Waals surface area contributed by atoms with Crippen LogP contribution in [0.3, 0.4) is 0 Å². The molecule has 20 heavy (non-hydrogen) atoms. The third kappa shape index (κ3) is 2.72. The van der Waals surface area contributed by atoms with E-state index in [4.69, 9.17) is 9.47 Å². The Morgan fingerprint density at radius 1 is 1.30 bits per heavy atom. The van der Waals surface area contributed by atoms with Crippen molar-refractivity contribution in [3.63, 3.8) is 0 Å². The molecule has 7 heteroatoms. The molecule has 0 saturated heterocycles. The number of hydrogen-bond acceptors (Lipinski definition) is 6. The lowest BCUT2D eigenvalue weighted by atomic mass is 10.1. The van der Waals surface area contributed by atoms with E-state index in [1.807, 2.05) is 18.5 Å². The first-order valence-electron chi connectivity index (χ1n) is 6.35. The van der Waals surface area contributed by atoms with Crippen molar-refractivity contribution in [3.05, 3.63) is 30.1 Å². The Labute approximate surface area is 118 Å². The number of nitrogens with one attached hydrogen (secondary N) is 1. The molecule has 1 N–H and O–H groups in total. The molecule has 0 amide bonds. The summed E-state index contributed by atoms with van der Waals surface area (Å²) in [4.78, 5) is 12.8. The van der Waals surface area contributed by atoms with Crippen LogP contribution in [0, 0.1) is 0 Å². The van der Waals surface area contributed by atoms with Crippen LogP contribution in [-0.4, -0.2) is 40.3 Å². The molecular weight excluding hydrogens is 258 g/mol. The normalized spacial score (nSPS) is 12.2. The molecule has 2 rings (SSSR count). The van der Waals surface area contributed by atoms with E-state index >= 15 is 0 Å². The van der Waals surface area contributed by atoms with E-state index in [9.17, 15) is 0 Å². The van der Waals surface area contributed by atoms with E-state index in [0.717, 1.165) is 12.2 Å². The number of hydrogen-bond donors (Lipinski definition) is 1. The van der Waals surface area contributed by atoms with Crippen molar-refractivity contribution >= 4 is 0 Å². The van der Waals surface area contributed by atoms with Gasteiger partial charge in [-0.1, -0.05) is 6.92 Å². The lowest BCUT2D eigenvalue weighted by Crippen LogP contribution is -2.25. The summed E-state index contributed by atoms with van der Waals surface area (Å²) in [5.41, 5.74) is 1.70. The maximum Gasteiger partial charge on any atom is 0.240 e. The standard InChI is InChI=1S/C13H19N5O2/c1-5-15-11(9-6-14-8-18(9)2)12-13(20-4)17-10(19-3)7-16-12/h6-8,11,15H,5H2,1-4H3. The highest BCUT2D eigenvalue weighted by atomic mass is 16.5. The lowest BCUT2D eigenvalue weighted by molar-refractivity contribution is 0.352. The molecule has 1 atom stereocenters. The molecule has 0 aromatic carbocycles. The average molecular weight is 277 g/mol. The van der Waals surface area contributed by atoms with Crippen molar-refractivity contribution in [2.45, 2.75) is 13.0 Å². The molecule has 0 aliphatic heterocycles. The van der Waals surface area contributed by atoms with Crippen molar-refractivity contribution < 1.29 is 9.47 Å². The fourth-order valence-electron chi connectivity index (χ4n) is 2.00. The SMILES string of the molecule is CCNC(c1ncc(OC)nc1OC)c1cncn1C. The number of aromatic nitrogens is 4. The first kappa shape index (κ1) is 14.3. The molecule has 0 saturated carbocycles. The van der Waals surface area contributed by atoms with Gasteiger partial charge in [0.1, 0.15) is 5.69 Å². The summed E-state index contributed by atoms with van der Waals surface area (Å²) in [7, 11) is 5.06. The van der Waals surface area contributed by atoms with Crippen LogP contribution in [0.2, 0.25) is 0 Å². The van der Waals surface area contributed by atoms with Gasteiger partial charge in [-0.3, -0.25) is 0 Å². The van der Waals surface area contributed by atoms with Crippen molar-refractivity contribution in [2.24, 2.45) is 7.05 Å². The number of imidazole rings is 1. The first-order chi connectivity index (χ1) is 9.71. The Kier molecular flexibility index (Phi) is 4.52. The minimum atomic E-state index is -0.138. The highest BCUT2D eigenvalue weighted by molar-refractivity contribution is 5.31. The van der Waals surface area contributed by atoms with Gasteiger partial charge in [0.25, 0.3) is 0 Å². The van der Waals surface area contributed by atoms with Crippen molar-refractivity contribution in [3.8, 4) is 11.8 Å². The van der Waals surface area contributed by atoms with Crippen LogP contribution in [0.25, 0.3) is 0 Å². The van der Waals surface area contributed by atoms with Crippen LogP contribution < -0.4 is 14.8 Å². The molecule has 2 heterocycles. The van der Waals surface area contributed by atoms with E-state index in [1.54, 1.807) is 32.9 Å². The molecule has 2 aromatic rings. The molecule has 7 nitrogen and oxygen atoms in total. The van der Waals surface area contributed by atoms with Crippen molar-refractivity contribution in [2.75, 3.05) is 20.8 Å². The zero-order chi connectivity index (χ0) is 14.5. The molecule has 1 unspecified atom stereocenters. The fraction of sp³-hybridized carbons (Fsp3) is 0.462. The predicted octanol–water partition coefficient (Wildman–Crippen LogP) is 0.926. The number of aryl methyl sites for hydroxylation is 1. The van der Waals surface area contributed by atoms with Gasteiger partial charge in [-0.05, 0) is 6.54 Å². The Hall–Kier alpha value is -2.15. The first-order valence-corrected chi connectivity index (χ1v) is 6.35. The molecule has 0 aliphatic rings. The molecule has 0 aliphatic carbocycles. The Balaban J connectivity index is 2.46. The van der Waals surface area contributed by atoms with Gasteiger partial charge in [0, 0.05) is 7.05 Å². The second-order valence-corrected chi connectivity index (χ2v) is 4.23.